The van der Waals surface area contributed by atoms with Crippen molar-refractivity contribution in [3.8, 4) is 0 Å². The minimum Gasteiger partial charge on any atom is -0.466 e. The van der Waals surface area contributed by atoms with Crippen molar-refractivity contribution in [2.75, 3.05) is 32.8 Å². The minimum absolute atomic E-state index is 0.0129. The average molecular weight is 794 g/mol. The summed E-state index contributed by atoms with van der Waals surface area (Å²) < 4.78 is 11.7. The fourth-order valence-electron chi connectivity index (χ4n) is 8.12. The Morgan fingerprint density at radius 2 is 0.804 bits per heavy atom. The van der Waals surface area contributed by atoms with Gasteiger partial charge in [-0.1, -0.05) is 195 Å². The highest BCUT2D eigenvalue weighted by Crippen LogP contribution is 2.22. The van der Waals surface area contributed by atoms with Crippen LogP contribution < -0.4 is 0 Å². The van der Waals surface area contributed by atoms with Crippen LogP contribution in [-0.4, -0.2) is 60.9 Å². The topological polar surface area (TPSA) is 76.1 Å². The molecule has 0 saturated heterocycles. The number of rotatable bonds is 46. The first-order valence-corrected chi connectivity index (χ1v) is 25.2. The van der Waals surface area contributed by atoms with E-state index < -0.39 is 0 Å². The molecular weight excluding hydrogens is 695 g/mol. The first-order chi connectivity index (χ1) is 27.5. The molecule has 0 bridgehead atoms. The van der Waals surface area contributed by atoms with E-state index in [4.69, 9.17) is 9.47 Å². The highest BCUT2D eigenvalue weighted by Gasteiger charge is 2.15. The van der Waals surface area contributed by atoms with Crippen LogP contribution in [0.4, 0.5) is 0 Å². The highest BCUT2D eigenvalue weighted by atomic mass is 16.5. The van der Waals surface area contributed by atoms with E-state index in [-0.39, 0.29) is 24.6 Å². The zero-order chi connectivity index (χ0) is 41.0. The zero-order valence-electron chi connectivity index (χ0n) is 38.4. The van der Waals surface area contributed by atoms with E-state index in [1.54, 1.807) is 0 Å². The number of carbonyl (C=O) groups excluding carboxylic acids is 2. The van der Waals surface area contributed by atoms with Gasteiger partial charge in [0.2, 0.25) is 0 Å². The Bertz CT molecular complexity index is 778. The normalized spacial score (nSPS) is 11.7. The number of unbranched alkanes of at least 4 members (excludes halogenated alkanes) is 24. The van der Waals surface area contributed by atoms with Crippen LogP contribution >= 0.6 is 0 Å². The lowest BCUT2D eigenvalue weighted by Gasteiger charge is -2.21. The van der Waals surface area contributed by atoms with Crippen LogP contribution in [0, 0.1) is 5.92 Å². The fraction of sp³-hybridized carbons (Fsp3) is 0.960. The van der Waals surface area contributed by atoms with E-state index in [1.165, 1.54) is 154 Å². The second kappa shape index (κ2) is 45.0. The van der Waals surface area contributed by atoms with E-state index in [1.807, 2.05) is 0 Å². The summed E-state index contributed by atoms with van der Waals surface area (Å²) in [7, 11) is 0. The molecule has 334 valence electrons. The molecular formula is C50H99NO5. The van der Waals surface area contributed by atoms with Crippen molar-refractivity contribution >= 4 is 11.9 Å². The lowest BCUT2D eigenvalue weighted by atomic mass is 9.92. The van der Waals surface area contributed by atoms with Gasteiger partial charge < -0.3 is 19.5 Å². The number of hydrogen-bond acceptors (Lipinski definition) is 6. The fourth-order valence-corrected chi connectivity index (χ4v) is 8.12. The van der Waals surface area contributed by atoms with Gasteiger partial charge in [0.15, 0.2) is 0 Å². The second-order valence-corrected chi connectivity index (χ2v) is 17.4. The van der Waals surface area contributed by atoms with E-state index in [0.717, 1.165) is 90.3 Å². The molecule has 6 heteroatoms. The summed E-state index contributed by atoms with van der Waals surface area (Å²) in [6, 6.07) is 0. The molecule has 0 radical (unpaired) electrons. The van der Waals surface area contributed by atoms with Crippen LogP contribution in [0.2, 0.25) is 0 Å². The molecule has 0 atom stereocenters. The van der Waals surface area contributed by atoms with Gasteiger partial charge in [-0.15, -0.1) is 0 Å². The van der Waals surface area contributed by atoms with Gasteiger partial charge in [0.25, 0.3) is 0 Å². The molecule has 0 rings (SSSR count). The average Bonchev–Trinajstić information content (AvgIpc) is 3.19. The van der Waals surface area contributed by atoms with Gasteiger partial charge in [0.1, 0.15) is 6.10 Å². The molecule has 0 fully saturated rings. The Kier molecular flexibility index (Phi) is 44.0. The van der Waals surface area contributed by atoms with E-state index in [9.17, 15) is 14.7 Å². The Hall–Kier alpha value is -1.14. The maximum atomic E-state index is 12.7. The standard InChI is InChI=1S/C50H99NO5/c1-5-9-13-17-21-29-37-48(38-30-22-18-14-10-6-2)56-50(54)40-32-24-20-26-34-43-51(44-45-52)42-33-25-19-23-31-39-49(53)55-46-41-47(35-27-15-11-7-3)36-28-16-12-8-4/h47-48,52H,5-46H2,1-4H3. The van der Waals surface area contributed by atoms with Crippen molar-refractivity contribution in [3.05, 3.63) is 0 Å². The molecule has 0 aliphatic carbocycles. The van der Waals surface area contributed by atoms with Crippen molar-refractivity contribution < 1.29 is 24.2 Å². The lowest BCUT2D eigenvalue weighted by Crippen LogP contribution is -2.29. The molecule has 1 N–H and O–H groups in total. The summed E-state index contributed by atoms with van der Waals surface area (Å²) in [4.78, 5) is 27.5. The molecule has 0 heterocycles. The van der Waals surface area contributed by atoms with Crippen LogP contribution in [0.3, 0.4) is 0 Å². The number of nitrogens with zero attached hydrogens (tertiary/aromatic N) is 1. The number of ether oxygens (including phenoxy) is 2. The lowest BCUT2D eigenvalue weighted by molar-refractivity contribution is -0.150. The van der Waals surface area contributed by atoms with Crippen molar-refractivity contribution in [2.45, 2.75) is 271 Å². The van der Waals surface area contributed by atoms with Crippen molar-refractivity contribution in [1.29, 1.82) is 0 Å². The Morgan fingerprint density at radius 1 is 0.429 bits per heavy atom. The molecule has 0 aromatic rings. The molecule has 0 spiro atoms. The van der Waals surface area contributed by atoms with Crippen molar-refractivity contribution in [3.63, 3.8) is 0 Å². The monoisotopic (exact) mass is 794 g/mol. The number of esters is 2. The molecule has 6 nitrogen and oxygen atoms in total. The quantitative estimate of drug-likeness (QED) is 0.0489. The molecule has 0 amide bonds. The Balaban J connectivity index is 4.09. The largest absolute Gasteiger partial charge is 0.466 e. The molecule has 0 aliphatic heterocycles. The van der Waals surface area contributed by atoms with Crippen LogP contribution in [0.15, 0.2) is 0 Å². The minimum atomic E-state index is -0.0129. The van der Waals surface area contributed by atoms with E-state index >= 15 is 0 Å². The predicted octanol–water partition coefficient (Wildman–Crippen LogP) is 14.9. The third kappa shape index (κ3) is 39.7. The van der Waals surface area contributed by atoms with E-state index in [0.29, 0.717) is 25.4 Å². The van der Waals surface area contributed by atoms with Gasteiger partial charge >= 0.3 is 11.9 Å². The van der Waals surface area contributed by atoms with Gasteiger partial charge in [-0.25, -0.2) is 0 Å². The molecule has 0 aromatic heterocycles. The number of aliphatic hydroxyl groups is 1. The van der Waals surface area contributed by atoms with Gasteiger partial charge in [-0.3, -0.25) is 9.59 Å². The molecule has 0 unspecified atom stereocenters. The van der Waals surface area contributed by atoms with Crippen LogP contribution in [0.5, 0.6) is 0 Å². The SMILES string of the molecule is CCCCCCCCC(CCCCCCCC)OC(=O)CCCCCCCN(CCO)CCCCCCCC(=O)OCCC(CCCCCC)CCCCCC. The van der Waals surface area contributed by atoms with Crippen LogP contribution in [-0.2, 0) is 19.1 Å². The Labute approximate surface area is 350 Å². The smallest absolute Gasteiger partial charge is 0.306 e. The zero-order valence-corrected chi connectivity index (χ0v) is 38.4. The molecule has 0 aliphatic rings. The second-order valence-electron chi connectivity index (χ2n) is 17.4. The maximum absolute atomic E-state index is 12.7. The summed E-state index contributed by atoms with van der Waals surface area (Å²) in [6.07, 6.45) is 43.8. The summed E-state index contributed by atoms with van der Waals surface area (Å²) in [5.74, 6) is 0.712. The molecule has 0 aromatic carbocycles. The number of carbonyl (C=O) groups is 2. The summed E-state index contributed by atoms with van der Waals surface area (Å²) in [6.45, 7) is 12.7. The summed E-state index contributed by atoms with van der Waals surface area (Å²) in [5.41, 5.74) is 0. The van der Waals surface area contributed by atoms with E-state index in [2.05, 4.69) is 32.6 Å². The summed E-state index contributed by atoms with van der Waals surface area (Å²) >= 11 is 0. The Morgan fingerprint density at radius 3 is 1.27 bits per heavy atom. The van der Waals surface area contributed by atoms with Gasteiger partial charge in [-0.05, 0) is 76.8 Å². The summed E-state index contributed by atoms with van der Waals surface area (Å²) in [5, 5.41) is 9.61. The first kappa shape index (κ1) is 54.9. The van der Waals surface area contributed by atoms with Gasteiger partial charge in [-0.2, -0.15) is 0 Å². The molecule has 56 heavy (non-hydrogen) atoms. The maximum Gasteiger partial charge on any atom is 0.306 e. The van der Waals surface area contributed by atoms with Crippen LogP contribution in [0.25, 0.3) is 0 Å². The van der Waals surface area contributed by atoms with Crippen LogP contribution in [0.1, 0.15) is 265 Å². The first-order valence-electron chi connectivity index (χ1n) is 25.2. The van der Waals surface area contributed by atoms with Gasteiger partial charge in [0, 0.05) is 19.4 Å². The molecule has 0 saturated carbocycles. The third-order valence-electron chi connectivity index (χ3n) is 11.9. The van der Waals surface area contributed by atoms with Gasteiger partial charge in [0.05, 0.1) is 13.2 Å². The number of hydrogen-bond donors (Lipinski definition) is 1. The number of aliphatic hydroxyl groups excluding tert-OH is 1. The highest BCUT2D eigenvalue weighted by molar-refractivity contribution is 5.69. The van der Waals surface area contributed by atoms with Crippen molar-refractivity contribution in [2.24, 2.45) is 5.92 Å². The van der Waals surface area contributed by atoms with Crippen molar-refractivity contribution in [1.82, 2.24) is 4.90 Å². The third-order valence-corrected chi connectivity index (χ3v) is 11.9. The predicted molar refractivity (Wildman–Crippen MR) is 241 cm³/mol.